The summed E-state index contributed by atoms with van der Waals surface area (Å²) in [6.07, 6.45) is 8.16. The molecule has 1 rings (SSSR count). The van der Waals surface area contributed by atoms with E-state index in [1.165, 1.54) is 24.8 Å². The van der Waals surface area contributed by atoms with E-state index in [1.807, 2.05) is 0 Å². The minimum atomic E-state index is 0.481. The third-order valence-corrected chi connectivity index (χ3v) is 2.29. The van der Waals surface area contributed by atoms with Gasteiger partial charge in [-0.3, -0.25) is 0 Å². The molecule has 1 heterocycles. The van der Waals surface area contributed by atoms with E-state index in [2.05, 4.69) is 50.8 Å². The molecule has 0 aromatic carbocycles. The van der Waals surface area contributed by atoms with Crippen LogP contribution in [-0.4, -0.2) is 4.57 Å². The average molecular weight is 179 g/mol. The largest absolute Gasteiger partial charge is 0.357 e. The van der Waals surface area contributed by atoms with Crippen LogP contribution in [0.15, 0.2) is 18.5 Å². The van der Waals surface area contributed by atoms with Crippen molar-refractivity contribution in [2.75, 3.05) is 0 Å². The van der Waals surface area contributed by atoms with Gasteiger partial charge in [0.2, 0.25) is 0 Å². The van der Waals surface area contributed by atoms with Crippen molar-refractivity contribution in [2.24, 2.45) is 12.5 Å². The summed E-state index contributed by atoms with van der Waals surface area (Å²) in [6.45, 7) is 6.91. The first-order valence-electron chi connectivity index (χ1n) is 5.08. The van der Waals surface area contributed by atoms with Crippen LogP contribution in [0.3, 0.4) is 0 Å². The molecule has 0 bridgehead atoms. The molecule has 1 aromatic heterocycles. The third-order valence-electron chi connectivity index (χ3n) is 2.29. The third kappa shape index (κ3) is 4.16. The van der Waals surface area contributed by atoms with Gasteiger partial charge in [0.1, 0.15) is 0 Å². The van der Waals surface area contributed by atoms with Gasteiger partial charge in [0, 0.05) is 19.4 Å². The minimum Gasteiger partial charge on any atom is -0.357 e. The summed E-state index contributed by atoms with van der Waals surface area (Å²) in [6, 6.07) is 2.21. The predicted molar refractivity (Wildman–Crippen MR) is 57.8 cm³/mol. The smallest absolute Gasteiger partial charge is 0.0106 e. The van der Waals surface area contributed by atoms with Gasteiger partial charge in [-0.1, -0.05) is 20.8 Å². The number of hydrogen-bond acceptors (Lipinski definition) is 0. The lowest BCUT2D eigenvalue weighted by atomic mass is 9.89. The van der Waals surface area contributed by atoms with Crippen LogP contribution in [0, 0.1) is 5.41 Å². The van der Waals surface area contributed by atoms with Crippen LogP contribution < -0.4 is 0 Å². The van der Waals surface area contributed by atoms with E-state index in [0.29, 0.717) is 5.41 Å². The molecule has 1 aromatic rings. The summed E-state index contributed by atoms with van der Waals surface area (Å²) >= 11 is 0. The molecule has 1 nitrogen and oxygen atoms in total. The van der Waals surface area contributed by atoms with E-state index in [4.69, 9.17) is 0 Å². The van der Waals surface area contributed by atoms with Gasteiger partial charge in [0.25, 0.3) is 0 Å². The molecule has 0 unspecified atom stereocenters. The number of aryl methyl sites for hydroxylation is 2. The van der Waals surface area contributed by atoms with Gasteiger partial charge < -0.3 is 4.57 Å². The number of hydrogen-bond donors (Lipinski definition) is 0. The maximum absolute atomic E-state index is 2.30. The second-order valence-electron chi connectivity index (χ2n) is 5.10. The Morgan fingerprint density at radius 2 is 2.00 bits per heavy atom. The van der Waals surface area contributed by atoms with Crippen molar-refractivity contribution in [3.05, 3.63) is 24.0 Å². The predicted octanol–water partition coefficient (Wildman–Crippen LogP) is 3.39. The van der Waals surface area contributed by atoms with E-state index >= 15 is 0 Å². The van der Waals surface area contributed by atoms with Crippen molar-refractivity contribution in [3.8, 4) is 0 Å². The Hall–Kier alpha value is -0.720. The number of rotatable bonds is 3. The van der Waals surface area contributed by atoms with Crippen LogP contribution in [0.1, 0.15) is 39.2 Å². The topological polar surface area (TPSA) is 4.93 Å². The molecule has 13 heavy (non-hydrogen) atoms. The maximum Gasteiger partial charge on any atom is 0.0106 e. The summed E-state index contributed by atoms with van der Waals surface area (Å²) in [5.41, 5.74) is 1.95. The average Bonchev–Trinajstić information content (AvgIpc) is 2.33. The summed E-state index contributed by atoms with van der Waals surface area (Å²) in [5.74, 6) is 0. The fourth-order valence-corrected chi connectivity index (χ4v) is 1.53. The van der Waals surface area contributed by atoms with Gasteiger partial charge >= 0.3 is 0 Å². The van der Waals surface area contributed by atoms with Crippen LogP contribution in [-0.2, 0) is 13.5 Å². The summed E-state index contributed by atoms with van der Waals surface area (Å²) in [7, 11) is 2.08. The Balaban J connectivity index is 2.28. The van der Waals surface area contributed by atoms with E-state index in [9.17, 15) is 0 Å². The Morgan fingerprint density at radius 1 is 1.31 bits per heavy atom. The van der Waals surface area contributed by atoms with Crippen LogP contribution in [0.4, 0.5) is 0 Å². The first-order valence-corrected chi connectivity index (χ1v) is 5.08. The zero-order valence-corrected chi connectivity index (χ0v) is 9.30. The van der Waals surface area contributed by atoms with E-state index in [0.717, 1.165) is 0 Å². The van der Waals surface area contributed by atoms with Gasteiger partial charge in [-0.05, 0) is 36.3 Å². The highest BCUT2D eigenvalue weighted by Crippen LogP contribution is 2.21. The van der Waals surface area contributed by atoms with Gasteiger partial charge in [-0.2, -0.15) is 0 Å². The summed E-state index contributed by atoms with van der Waals surface area (Å²) in [5, 5.41) is 0. The zero-order valence-electron chi connectivity index (χ0n) is 9.30. The van der Waals surface area contributed by atoms with Crippen LogP contribution >= 0.6 is 0 Å². The molecule has 0 aliphatic rings. The van der Waals surface area contributed by atoms with Crippen molar-refractivity contribution in [1.82, 2.24) is 4.57 Å². The zero-order chi connectivity index (χ0) is 9.90. The quantitative estimate of drug-likeness (QED) is 0.670. The molecule has 0 fully saturated rings. The molecule has 0 aliphatic heterocycles. The molecule has 0 saturated heterocycles. The molecule has 1 heteroatoms. The van der Waals surface area contributed by atoms with Crippen LogP contribution in [0.25, 0.3) is 0 Å². The Kier molecular flexibility index (Phi) is 3.18. The lowest BCUT2D eigenvalue weighted by molar-refractivity contribution is 0.365. The molecule has 0 aliphatic carbocycles. The highest BCUT2D eigenvalue weighted by molar-refractivity contribution is 5.09. The molecule has 0 radical (unpaired) electrons. The van der Waals surface area contributed by atoms with Crippen molar-refractivity contribution in [2.45, 2.75) is 40.0 Å². The monoisotopic (exact) mass is 179 g/mol. The van der Waals surface area contributed by atoms with Crippen molar-refractivity contribution in [1.29, 1.82) is 0 Å². The molecule has 74 valence electrons. The van der Waals surface area contributed by atoms with Crippen molar-refractivity contribution >= 4 is 0 Å². The van der Waals surface area contributed by atoms with Gasteiger partial charge in [0.05, 0.1) is 0 Å². The minimum absolute atomic E-state index is 0.481. The molecule has 0 amide bonds. The standard InChI is InChI=1S/C12H21N/c1-12(2,3)8-5-6-11-7-9-13(4)10-11/h7,9-10H,5-6,8H2,1-4H3. The molecule has 0 spiro atoms. The Labute approximate surface area is 81.8 Å². The lowest BCUT2D eigenvalue weighted by Crippen LogP contribution is -2.04. The molecular weight excluding hydrogens is 158 g/mol. The maximum atomic E-state index is 2.30. The van der Waals surface area contributed by atoms with Gasteiger partial charge in [-0.25, -0.2) is 0 Å². The summed E-state index contributed by atoms with van der Waals surface area (Å²) < 4.78 is 2.12. The van der Waals surface area contributed by atoms with Crippen LogP contribution in [0.2, 0.25) is 0 Å². The van der Waals surface area contributed by atoms with Crippen molar-refractivity contribution in [3.63, 3.8) is 0 Å². The highest BCUT2D eigenvalue weighted by Gasteiger charge is 2.09. The first-order chi connectivity index (χ1) is 5.97. The first kappa shape index (κ1) is 10.4. The van der Waals surface area contributed by atoms with Gasteiger partial charge in [0.15, 0.2) is 0 Å². The van der Waals surface area contributed by atoms with E-state index in [-0.39, 0.29) is 0 Å². The number of nitrogens with zero attached hydrogens (tertiary/aromatic N) is 1. The molecule has 0 N–H and O–H groups in total. The summed E-state index contributed by atoms with van der Waals surface area (Å²) in [4.78, 5) is 0. The Morgan fingerprint density at radius 3 is 2.46 bits per heavy atom. The fourth-order valence-electron chi connectivity index (χ4n) is 1.53. The van der Waals surface area contributed by atoms with E-state index < -0.39 is 0 Å². The normalized spacial score (nSPS) is 12.0. The number of aromatic nitrogens is 1. The molecular formula is C12H21N. The lowest BCUT2D eigenvalue weighted by Gasteiger charge is -2.17. The molecule has 0 atom stereocenters. The SMILES string of the molecule is Cn1ccc(CCCC(C)(C)C)c1. The van der Waals surface area contributed by atoms with Gasteiger partial charge in [-0.15, -0.1) is 0 Å². The highest BCUT2D eigenvalue weighted by atomic mass is 14.9. The molecule has 0 saturated carbocycles. The van der Waals surface area contributed by atoms with Crippen LogP contribution in [0.5, 0.6) is 0 Å². The second kappa shape index (κ2) is 3.99. The second-order valence-corrected chi connectivity index (χ2v) is 5.10. The van der Waals surface area contributed by atoms with E-state index in [1.54, 1.807) is 0 Å². The fraction of sp³-hybridized carbons (Fsp3) is 0.667. The van der Waals surface area contributed by atoms with Crippen molar-refractivity contribution < 1.29 is 0 Å². The Bertz CT molecular complexity index is 252.